The van der Waals surface area contributed by atoms with Gasteiger partial charge in [-0.15, -0.1) is 0 Å². The van der Waals surface area contributed by atoms with Gasteiger partial charge in [0.25, 0.3) is 0 Å². The average Bonchev–Trinajstić information content (AvgIpc) is 2.36. The molecule has 2 N–H and O–H groups in total. The Hall–Kier alpha value is -2.05. The van der Waals surface area contributed by atoms with Crippen molar-refractivity contribution in [1.29, 1.82) is 0 Å². The van der Waals surface area contributed by atoms with Crippen molar-refractivity contribution < 1.29 is 9.66 Å². The molecule has 0 amide bonds. The van der Waals surface area contributed by atoms with Crippen LogP contribution in [0.1, 0.15) is 5.56 Å². The minimum Gasteiger partial charge on any atom is -0.431 e. The number of pyridine rings is 1. The molecule has 0 atom stereocenters. The molecule has 104 valence electrons. The van der Waals surface area contributed by atoms with Crippen LogP contribution in [0.2, 0.25) is 10.0 Å². The number of nitro benzene ring substituents is 1. The second-order valence-corrected chi connectivity index (χ2v) is 4.80. The normalized spacial score (nSPS) is 10.3. The third-order valence-corrected chi connectivity index (χ3v) is 3.18. The summed E-state index contributed by atoms with van der Waals surface area (Å²) in [6.07, 6.45) is 1.39. The van der Waals surface area contributed by atoms with E-state index in [1.54, 1.807) is 13.0 Å². The summed E-state index contributed by atoms with van der Waals surface area (Å²) in [7, 11) is 0. The Bertz CT molecular complexity index is 692. The van der Waals surface area contributed by atoms with Gasteiger partial charge in [-0.2, -0.15) is 0 Å². The van der Waals surface area contributed by atoms with Crippen LogP contribution in [0.5, 0.6) is 11.6 Å². The number of halogens is 2. The number of aromatic nitrogens is 1. The van der Waals surface area contributed by atoms with Gasteiger partial charge in [-0.05, 0) is 13.0 Å². The third-order valence-electron chi connectivity index (χ3n) is 2.46. The molecule has 2 aromatic rings. The number of aryl methyl sites for hydroxylation is 1. The Morgan fingerprint density at radius 2 is 1.95 bits per heavy atom. The maximum Gasteiger partial charge on any atom is 0.313 e. The summed E-state index contributed by atoms with van der Waals surface area (Å²) in [5.41, 5.74) is 6.40. The number of hydrogen-bond donors (Lipinski definition) is 1. The van der Waals surface area contributed by atoms with Gasteiger partial charge >= 0.3 is 5.69 Å². The van der Waals surface area contributed by atoms with Crippen molar-refractivity contribution in [2.24, 2.45) is 0 Å². The first-order valence-corrected chi connectivity index (χ1v) is 6.17. The summed E-state index contributed by atoms with van der Waals surface area (Å²) in [5, 5.41) is 11.2. The van der Waals surface area contributed by atoms with Crippen LogP contribution >= 0.6 is 23.2 Å². The molecule has 8 heteroatoms. The van der Waals surface area contributed by atoms with Crippen LogP contribution < -0.4 is 10.5 Å². The van der Waals surface area contributed by atoms with Crippen molar-refractivity contribution in [3.05, 3.63) is 50.1 Å². The second kappa shape index (κ2) is 5.52. The number of rotatable bonds is 3. The Morgan fingerprint density at radius 1 is 1.30 bits per heavy atom. The van der Waals surface area contributed by atoms with Crippen molar-refractivity contribution in [2.75, 3.05) is 5.73 Å². The predicted octanol–water partition coefficient (Wildman–Crippen LogP) is 3.98. The van der Waals surface area contributed by atoms with Crippen LogP contribution in [-0.4, -0.2) is 9.91 Å². The molecule has 0 saturated heterocycles. The Balaban J connectivity index is 2.47. The Morgan fingerprint density at radius 3 is 2.55 bits per heavy atom. The fraction of sp³-hybridized carbons (Fsp3) is 0.0833. The van der Waals surface area contributed by atoms with Gasteiger partial charge in [0.2, 0.25) is 11.6 Å². The topological polar surface area (TPSA) is 91.3 Å². The van der Waals surface area contributed by atoms with E-state index in [1.807, 2.05) is 0 Å². The second-order valence-electron chi connectivity index (χ2n) is 3.98. The molecule has 1 aromatic heterocycles. The molecule has 2 rings (SSSR count). The lowest BCUT2D eigenvalue weighted by molar-refractivity contribution is -0.385. The molecule has 20 heavy (non-hydrogen) atoms. The first-order chi connectivity index (χ1) is 9.38. The number of nitrogens with two attached hydrogens (primary N) is 1. The highest BCUT2D eigenvalue weighted by molar-refractivity contribution is 6.42. The lowest BCUT2D eigenvalue weighted by Crippen LogP contribution is -1.97. The molecule has 0 bridgehead atoms. The number of hydrogen-bond acceptors (Lipinski definition) is 5. The Kier molecular flexibility index (Phi) is 3.96. The van der Waals surface area contributed by atoms with Gasteiger partial charge in [0.15, 0.2) is 0 Å². The Labute approximate surface area is 124 Å². The standard InChI is InChI=1S/C12H9Cl2N3O3/c1-6-2-7(15)5-16-12(6)20-11-4-9(14)8(13)3-10(11)17(18)19/h2-5H,15H2,1H3. The average molecular weight is 314 g/mol. The smallest absolute Gasteiger partial charge is 0.313 e. The molecular weight excluding hydrogens is 305 g/mol. The highest BCUT2D eigenvalue weighted by Crippen LogP contribution is 2.38. The van der Waals surface area contributed by atoms with Gasteiger partial charge in [-0.3, -0.25) is 10.1 Å². The third kappa shape index (κ3) is 2.92. The number of anilines is 1. The van der Waals surface area contributed by atoms with Gasteiger partial charge < -0.3 is 10.5 Å². The number of nitrogen functional groups attached to an aromatic ring is 1. The maximum absolute atomic E-state index is 11.0. The number of nitro groups is 1. The molecule has 0 aliphatic carbocycles. The molecule has 0 aliphatic heterocycles. The van der Waals surface area contributed by atoms with E-state index < -0.39 is 4.92 Å². The van der Waals surface area contributed by atoms with Gasteiger partial charge in [0.1, 0.15) is 0 Å². The lowest BCUT2D eigenvalue weighted by Gasteiger charge is -2.09. The summed E-state index contributed by atoms with van der Waals surface area (Å²) >= 11 is 11.6. The first kappa shape index (κ1) is 14.4. The lowest BCUT2D eigenvalue weighted by atomic mass is 10.2. The van der Waals surface area contributed by atoms with E-state index in [-0.39, 0.29) is 27.4 Å². The van der Waals surface area contributed by atoms with Gasteiger partial charge in [-0.1, -0.05) is 23.2 Å². The minimum atomic E-state index is -0.607. The van der Waals surface area contributed by atoms with Crippen LogP contribution in [0, 0.1) is 17.0 Å². The number of ether oxygens (including phenoxy) is 1. The molecule has 0 saturated carbocycles. The van der Waals surface area contributed by atoms with Crippen molar-refractivity contribution in [2.45, 2.75) is 6.92 Å². The van der Waals surface area contributed by atoms with Crippen LogP contribution in [0.25, 0.3) is 0 Å². The first-order valence-electron chi connectivity index (χ1n) is 5.42. The van der Waals surface area contributed by atoms with E-state index in [2.05, 4.69) is 4.98 Å². The summed E-state index contributed by atoms with van der Waals surface area (Å²) in [6.45, 7) is 1.72. The molecule has 0 fully saturated rings. The van der Waals surface area contributed by atoms with Gasteiger partial charge in [-0.25, -0.2) is 4.98 Å². The quantitative estimate of drug-likeness (QED) is 0.683. The summed E-state index contributed by atoms with van der Waals surface area (Å²) < 4.78 is 5.44. The zero-order valence-corrected chi connectivity index (χ0v) is 11.8. The molecule has 0 aliphatic rings. The monoisotopic (exact) mass is 313 g/mol. The van der Waals surface area contributed by atoms with Crippen LogP contribution in [0.15, 0.2) is 24.4 Å². The maximum atomic E-state index is 11.0. The van der Waals surface area contributed by atoms with Crippen molar-refractivity contribution >= 4 is 34.6 Å². The molecule has 0 spiro atoms. The minimum absolute atomic E-state index is 0.0372. The molecule has 0 radical (unpaired) electrons. The zero-order chi connectivity index (χ0) is 14.9. The fourth-order valence-electron chi connectivity index (χ4n) is 1.54. The molecule has 1 heterocycles. The van der Waals surface area contributed by atoms with E-state index in [0.29, 0.717) is 11.3 Å². The highest BCUT2D eigenvalue weighted by atomic mass is 35.5. The fourth-order valence-corrected chi connectivity index (χ4v) is 1.85. The summed E-state index contributed by atoms with van der Waals surface area (Å²) in [6, 6.07) is 4.05. The van der Waals surface area contributed by atoms with E-state index in [9.17, 15) is 10.1 Å². The SMILES string of the molecule is Cc1cc(N)cnc1Oc1cc(Cl)c(Cl)cc1[N+](=O)[O-]. The van der Waals surface area contributed by atoms with Gasteiger partial charge in [0.05, 0.1) is 26.9 Å². The van der Waals surface area contributed by atoms with E-state index in [1.165, 1.54) is 12.3 Å². The van der Waals surface area contributed by atoms with E-state index in [4.69, 9.17) is 33.7 Å². The molecule has 6 nitrogen and oxygen atoms in total. The van der Waals surface area contributed by atoms with E-state index in [0.717, 1.165) is 6.07 Å². The highest BCUT2D eigenvalue weighted by Gasteiger charge is 2.20. The van der Waals surface area contributed by atoms with Gasteiger partial charge in [0, 0.05) is 17.7 Å². The zero-order valence-electron chi connectivity index (χ0n) is 10.3. The number of nitrogens with zero attached hydrogens (tertiary/aromatic N) is 2. The van der Waals surface area contributed by atoms with Crippen LogP contribution in [0.4, 0.5) is 11.4 Å². The van der Waals surface area contributed by atoms with Crippen LogP contribution in [0.3, 0.4) is 0 Å². The predicted molar refractivity (Wildman–Crippen MR) is 76.6 cm³/mol. The molecule has 0 unspecified atom stereocenters. The number of benzene rings is 1. The van der Waals surface area contributed by atoms with Crippen molar-refractivity contribution in [3.8, 4) is 11.6 Å². The van der Waals surface area contributed by atoms with Crippen molar-refractivity contribution in [3.63, 3.8) is 0 Å². The van der Waals surface area contributed by atoms with E-state index >= 15 is 0 Å². The molecular formula is C12H9Cl2N3O3. The largest absolute Gasteiger partial charge is 0.431 e. The van der Waals surface area contributed by atoms with Crippen molar-refractivity contribution in [1.82, 2.24) is 4.98 Å². The van der Waals surface area contributed by atoms with Crippen LogP contribution in [-0.2, 0) is 0 Å². The summed E-state index contributed by atoms with van der Waals surface area (Å²) in [4.78, 5) is 14.4. The summed E-state index contributed by atoms with van der Waals surface area (Å²) in [5.74, 6) is 0.172. The molecule has 1 aromatic carbocycles.